The molecule has 1 saturated carbocycles. The first-order valence-corrected chi connectivity index (χ1v) is 8.44. The Labute approximate surface area is 135 Å². The van der Waals surface area contributed by atoms with Crippen LogP contribution in [0.1, 0.15) is 54.9 Å². The van der Waals surface area contributed by atoms with E-state index < -0.39 is 5.60 Å². The van der Waals surface area contributed by atoms with Crippen molar-refractivity contribution < 1.29 is 14.3 Å². The summed E-state index contributed by atoms with van der Waals surface area (Å²) in [6.07, 6.45) is 1.14. The minimum Gasteiger partial charge on any atom is -0.444 e. The van der Waals surface area contributed by atoms with Crippen molar-refractivity contribution in [2.45, 2.75) is 72.6 Å². The zero-order valence-electron chi connectivity index (χ0n) is 15.4. The van der Waals surface area contributed by atoms with E-state index in [1.54, 1.807) is 4.90 Å². The number of nitrogens with zero attached hydrogens (tertiary/aromatic N) is 1. The first-order chi connectivity index (χ1) is 10.1. The van der Waals surface area contributed by atoms with Crippen molar-refractivity contribution in [1.82, 2.24) is 10.2 Å². The number of hydrogen-bond donors (Lipinski definition) is 1. The van der Waals surface area contributed by atoms with Crippen molar-refractivity contribution >= 4 is 6.09 Å². The largest absolute Gasteiger partial charge is 0.444 e. The second-order valence-corrected chi connectivity index (χ2v) is 7.57. The van der Waals surface area contributed by atoms with Crippen molar-refractivity contribution in [3.05, 3.63) is 0 Å². The van der Waals surface area contributed by atoms with E-state index in [1.807, 2.05) is 34.6 Å². The van der Waals surface area contributed by atoms with Gasteiger partial charge in [0.2, 0.25) is 0 Å². The Bertz CT molecular complexity index is 363. The van der Waals surface area contributed by atoms with Crippen LogP contribution >= 0.6 is 0 Å². The molecule has 2 unspecified atom stereocenters. The molecule has 1 rings (SSSR count). The van der Waals surface area contributed by atoms with Gasteiger partial charge in [-0.05, 0) is 41.0 Å². The zero-order valence-corrected chi connectivity index (χ0v) is 15.4. The van der Waals surface area contributed by atoms with Gasteiger partial charge in [-0.3, -0.25) is 0 Å². The third-order valence-corrected chi connectivity index (χ3v) is 4.35. The van der Waals surface area contributed by atoms with Gasteiger partial charge in [-0.1, -0.05) is 13.8 Å². The van der Waals surface area contributed by atoms with Gasteiger partial charge in [0, 0.05) is 37.7 Å². The molecular weight excluding hydrogens is 280 g/mol. The fraction of sp³-hybridized carbons (Fsp3) is 0.941. The van der Waals surface area contributed by atoms with E-state index in [4.69, 9.17) is 9.47 Å². The molecule has 0 heterocycles. The van der Waals surface area contributed by atoms with Crippen LogP contribution in [0.5, 0.6) is 0 Å². The quantitative estimate of drug-likeness (QED) is 0.785. The Hall–Kier alpha value is -0.810. The smallest absolute Gasteiger partial charge is 0.410 e. The van der Waals surface area contributed by atoms with E-state index in [1.165, 1.54) is 0 Å². The summed E-state index contributed by atoms with van der Waals surface area (Å²) in [6, 6.07) is 0.446. The Morgan fingerprint density at radius 1 is 1.32 bits per heavy atom. The van der Waals surface area contributed by atoms with Crippen molar-refractivity contribution in [3.63, 3.8) is 0 Å². The topological polar surface area (TPSA) is 50.8 Å². The predicted octanol–water partition coefficient (Wildman–Crippen LogP) is 3.04. The molecule has 0 bridgehead atoms. The van der Waals surface area contributed by atoms with Gasteiger partial charge >= 0.3 is 6.09 Å². The lowest BCUT2D eigenvalue weighted by molar-refractivity contribution is -0.114. The second kappa shape index (κ2) is 7.64. The van der Waals surface area contributed by atoms with Crippen LogP contribution in [-0.4, -0.2) is 55.0 Å². The molecule has 1 aliphatic carbocycles. The van der Waals surface area contributed by atoms with Gasteiger partial charge in [-0.15, -0.1) is 0 Å². The predicted molar refractivity (Wildman–Crippen MR) is 89.1 cm³/mol. The van der Waals surface area contributed by atoms with Crippen LogP contribution in [0, 0.1) is 5.41 Å². The highest BCUT2D eigenvalue weighted by Gasteiger charge is 2.48. The van der Waals surface area contributed by atoms with Crippen LogP contribution < -0.4 is 5.32 Å². The molecule has 0 saturated heterocycles. The van der Waals surface area contributed by atoms with Gasteiger partial charge in [0.05, 0.1) is 6.10 Å². The van der Waals surface area contributed by atoms with E-state index in [-0.39, 0.29) is 11.5 Å². The SMILES string of the molecule is CCOC1CC(NCCN(CC)C(=O)OC(C)(C)C)C1(C)C. The molecule has 5 heteroatoms. The fourth-order valence-electron chi connectivity index (χ4n) is 2.79. The van der Waals surface area contributed by atoms with Gasteiger partial charge in [0.15, 0.2) is 0 Å². The molecule has 1 N–H and O–H groups in total. The first-order valence-electron chi connectivity index (χ1n) is 8.44. The second-order valence-electron chi connectivity index (χ2n) is 7.57. The minimum absolute atomic E-state index is 0.152. The number of likely N-dealkylation sites (N-methyl/N-ethyl adjacent to an activating group) is 1. The minimum atomic E-state index is -0.446. The molecular formula is C17H34N2O3. The number of nitrogens with one attached hydrogen (secondary N) is 1. The first kappa shape index (κ1) is 19.2. The maximum atomic E-state index is 12.1. The molecule has 22 heavy (non-hydrogen) atoms. The van der Waals surface area contributed by atoms with Crippen LogP contribution in [0.3, 0.4) is 0 Å². The number of rotatable bonds is 7. The summed E-state index contributed by atoms with van der Waals surface area (Å²) in [5.74, 6) is 0. The standard InChI is InChI=1S/C17H34N2O3/c1-8-19(15(20)22-16(3,4)5)11-10-18-13-12-14(21-9-2)17(13,6)7/h13-14,18H,8-12H2,1-7H3. The van der Waals surface area contributed by atoms with Crippen molar-refractivity contribution in [1.29, 1.82) is 0 Å². The highest BCUT2D eigenvalue weighted by molar-refractivity contribution is 5.68. The molecule has 0 aromatic rings. The molecule has 1 aliphatic rings. The molecule has 0 aliphatic heterocycles. The summed E-state index contributed by atoms with van der Waals surface area (Å²) in [5.41, 5.74) is -0.294. The molecule has 0 aromatic carbocycles. The lowest BCUT2D eigenvalue weighted by atomic mass is 9.64. The Morgan fingerprint density at radius 3 is 2.41 bits per heavy atom. The van der Waals surface area contributed by atoms with E-state index >= 15 is 0 Å². The van der Waals surface area contributed by atoms with Gasteiger partial charge in [-0.2, -0.15) is 0 Å². The summed E-state index contributed by atoms with van der Waals surface area (Å²) < 4.78 is 11.2. The van der Waals surface area contributed by atoms with Crippen LogP contribution in [0.4, 0.5) is 4.79 Å². The lowest BCUT2D eigenvalue weighted by Crippen LogP contribution is -2.61. The van der Waals surface area contributed by atoms with Crippen LogP contribution in [-0.2, 0) is 9.47 Å². The third kappa shape index (κ3) is 5.13. The van der Waals surface area contributed by atoms with Crippen LogP contribution in [0.25, 0.3) is 0 Å². The molecule has 2 atom stereocenters. The summed E-state index contributed by atoms with van der Waals surface area (Å²) in [6.45, 7) is 17.0. The Balaban J connectivity index is 2.35. The number of ether oxygens (including phenoxy) is 2. The fourth-order valence-corrected chi connectivity index (χ4v) is 2.79. The average Bonchev–Trinajstić information content (AvgIpc) is 2.39. The zero-order chi connectivity index (χ0) is 17.0. The molecule has 130 valence electrons. The number of amides is 1. The highest BCUT2D eigenvalue weighted by Crippen LogP contribution is 2.42. The number of carbonyl (C=O) groups excluding carboxylic acids is 1. The maximum absolute atomic E-state index is 12.1. The van der Waals surface area contributed by atoms with E-state index in [9.17, 15) is 4.79 Å². The van der Waals surface area contributed by atoms with Gasteiger partial charge in [-0.25, -0.2) is 4.79 Å². The summed E-state index contributed by atoms with van der Waals surface area (Å²) >= 11 is 0. The molecule has 0 radical (unpaired) electrons. The Morgan fingerprint density at radius 2 is 1.95 bits per heavy atom. The monoisotopic (exact) mass is 314 g/mol. The number of carbonyl (C=O) groups is 1. The molecule has 0 aromatic heterocycles. The van der Waals surface area contributed by atoms with Crippen LogP contribution in [0.15, 0.2) is 0 Å². The van der Waals surface area contributed by atoms with Gasteiger partial charge in [0.1, 0.15) is 5.60 Å². The maximum Gasteiger partial charge on any atom is 0.410 e. The van der Waals surface area contributed by atoms with Crippen molar-refractivity contribution in [2.24, 2.45) is 5.41 Å². The highest BCUT2D eigenvalue weighted by atomic mass is 16.6. The van der Waals surface area contributed by atoms with E-state index in [0.717, 1.165) is 19.6 Å². The van der Waals surface area contributed by atoms with E-state index in [0.29, 0.717) is 25.2 Å². The number of hydrogen-bond acceptors (Lipinski definition) is 4. The molecule has 1 amide bonds. The summed E-state index contributed by atoms with van der Waals surface area (Å²) in [7, 11) is 0. The molecule has 1 fully saturated rings. The van der Waals surface area contributed by atoms with Gasteiger partial charge in [0.25, 0.3) is 0 Å². The molecule has 5 nitrogen and oxygen atoms in total. The van der Waals surface area contributed by atoms with Crippen molar-refractivity contribution in [3.8, 4) is 0 Å². The normalized spacial score (nSPS) is 23.8. The van der Waals surface area contributed by atoms with Gasteiger partial charge < -0.3 is 19.7 Å². The molecule has 0 spiro atoms. The van der Waals surface area contributed by atoms with E-state index in [2.05, 4.69) is 19.2 Å². The Kier molecular flexibility index (Phi) is 6.68. The lowest BCUT2D eigenvalue weighted by Gasteiger charge is -2.52. The summed E-state index contributed by atoms with van der Waals surface area (Å²) in [4.78, 5) is 13.8. The summed E-state index contributed by atoms with van der Waals surface area (Å²) in [5, 5.41) is 3.55. The van der Waals surface area contributed by atoms with Crippen LogP contribution in [0.2, 0.25) is 0 Å². The van der Waals surface area contributed by atoms with Crippen molar-refractivity contribution in [2.75, 3.05) is 26.2 Å². The third-order valence-electron chi connectivity index (χ3n) is 4.35. The average molecular weight is 314 g/mol.